The summed E-state index contributed by atoms with van der Waals surface area (Å²) in [6.07, 6.45) is 2.48. The summed E-state index contributed by atoms with van der Waals surface area (Å²) in [4.78, 5) is 14.7. The van der Waals surface area contributed by atoms with Crippen LogP contribution in [0.5, 0.6) is 0 Å². The summed E-state index contributed by atoms with van der Waals surface area (Å²) >= 11 is 5.98. The summed E-state index contributed by atoms with van der Waals surface area (Å²) in [5, 5.41) is 0.651. The molecule has 1 N–H and O–H groups in total. The Hall–Kier alpha value is -2.09. The fraction of sp³-hybridized carbons (Fsp3) is 0.409. The van der Waals surface area contributed by atoms with E-state index >= 15 is 0 Å². The Labute approximate surface area is 183 Å². The number of hydrogen-bond donors (Lipinski definition) is 1. The van der Waals surface area contributed by atoms with Crippen LogP contribution >= 0.6 is 11.6 Å². The molecule has 30 heavy (non-hydrogen) atoms. The predicted molar refractivity (Wildman–Crippen MR) is 118 cm³/mol. The number of hydrogen-bond acceptors (Lipinski definition) is 4. The minimum Gasteiger partial charge on any atom is -0.438 e. The average Bonchev–Trinajstić information content (AvgIpc) is 2.71. The number of rotatable bonds is 8. The molecular weight excluding hydrogens is 424 g/mol. The number of sulfonamides is 1. The predicted octanol–water partition coefficient (Wildman–Crippen LogP) is 4.47. The number of carbonyl (C=O) groups excluding carboxylic acids is 1. The van der Waals surface area contributed by atoms with Crippen LogP contribution in [-0.4, -0.2) is 38.8 Å². The van der Waals surface area contributed by atoms with Crippen LogP contribution in [0.4, 0.5) is 4.79 Å². The monoisotopic (exact) mass is 450 g/mol. The maximum atomic E-state index is 13.0. The summed E-state index contributed by atoms with van der Waals surface area (Å²) in [6, 6.07) is 17.0. The van der Waals surface area contributed by atoms with E-state index in [0.29, 0.717) is 37.4 Å². The second kappa shape index (κ2) is 9.37. The van der Waals surface area contributed by atoms with Gasteiger partial charge in [-0.25, -0.2) is 17.9 Å². The van der Waals surface area contributed by atoms with Gasteiger partial charge in [0.1, 0.15) is 5.60 Å². The van der Waals surface area contributed by atoms with E-state index < -0.39 is 15.6 Å². The highest BCUT2D eigenvalue weighted by Gasteiger charge is 2.43. The van der Waals surface area contributed by atoms with Gasteiger partial charge in [-0.15, -0.1) is 0 Å². The van der Waals surface area contributed by atoms with Gasteiger partial charge < -0.3 is 9.64 Å². The number of amides is 1. The van der Waals surface area contributed by atoms with Crippen molar-refractivity contribution in [3.8, 4) is 0 Å². The van der Waals surface area contributed by atoms with Crippen LogP contribution in [0.25, 0.3) is 0 Å². The first-order valence-corrected chi connectivity index (χ1v) is 12.2. The van der Waals surface area contributed by atoms with Gasteiger partial charge in [-0.05, 0) is 43.0 Å². The molecular formula is C22H27ClN2O4S. The maximum Gasteiger partial charge on any atom is 0.411 e. The number of carbonyl (C=O) groups is 1. The molecule has 1 saturated heterocycles. The highest BCUT2D eigenvalue weighted by Crippen LogP contribution is 2.40. The Kier molecular flexibility index (Phi) is 7.06. The summed E-state index contributed by atoms with van der Waals surface area (Å²) in [7, 11) is -3.25. The molecule has 0 bridgehead atoms. The zero-order chi connectivity index (χ0) is 21.8. The van der Waals surface area contributed by atoms with Crippen molar-refractivity contribution in [2.75, 3.05) is 19.3 Å². The van der Waals surface area contributed by atoms with Crippen LogP contribution in [-0.2, 0) is 20.4 Å². The molecule has 6 nitrogen and oxygen atoms in total. The fourth-order valence-corrected chi connectivity index (χ4v) is 4.48. The first-order valence-electron chi connectivity index (χ1n) is 9.95. The number of halogens is 1. The van der Waals surface area contributed by atoms with Gasteiger partial charge in [0.05, 0.1) is 12.3 Å². The molecule has 0 radical (unpaired) electrons. The van der Waals surface area contributed by atoms with E-state index in [1.807, 2.05) is 61.5 Å². The zero-order valence-electron chi connectivity index (χ0n) is 17.2. The topological polar surface area (TPSA) is 75.7 Å². The molecule has 3 rings (SSSR count). The quantitative estimate of drug-likeness (QED) is 0.602. The van der Waals surface area contributed by atoms with Crippen LogP contribution in [0.3, 0.4) is 0 Å². The van der Waals surface area contributed by atoms with Gasteiger partial charge in [0, 0.05) is 24.5 Å². The van der Waals surface area contributed by atoms with Gasteiger partial charge in [-0.1, -0.05) is 54.1 Å². The highest BCUT2D eigenvalue weighted by atomic mass is 35.5. The molecule has 0 aliphatic carbocycles. The fourth-order valence-electron chi connectivity index (χ4n) is 3.84. The smallest absolute Gasteiger partial charge is 0.411 e. The summed E-state index contributed by atoms with van der Waals surface area (Å²) in [5.41, 5.74) is 1.14. The van der Waals surface area contributed by atoms with Gasteiger partial charge in [0.2, 0.25) is 10.0 Å². The van der Waals surface area contributed by atoms with Crippen LogP contribution < -0.4 is 4.72 Å². The van der Waals surface area contributed by atoms with Crippen molar-refractivity contribution in [1.82, 2.24) is 9.62 Å². The number of cyclic esters (lactones) is 1. The van der Waals surface area contributed by atoms with E-state index in [9.17, 15) is 13.2 Å². The molecule has 1 fully saturated rings. The Balaban J connectivity index is 1.75. The molecule has 1 amide bonds. The Morgan fingerprint density at radius 1 is 1.17 bits per heavy atom. The van der Waals surface area contributed by atoms with Crippen LogP contribution in [0.1, 0.15) is 43.4 Å². The van der Waals surface area contributed by atoms with Crippen LogP contribution in [0.15, 0.2) is 54.6 Å². The molecule has 1 aliphatic heterocycles. The molecule has 8 heteroatoms. The third-order valence-corrected chi connectivity index (χ3v) is 6.50. The molecule has 1 heterocycles. The molecule has 2 aromatic rings. The van der Waals surface area contributed by atoms with Crippen molar-refractivity contribution in [3.05, 3.63) is 70.7 Å². The molecule has 0 spiro atoms. The van der Waals surface area contributed by atoms with E-state index in [1.165, 1.54) is 0 Å². The van der Waals surface area contributed by atoms with E-state index in [4.69, 9.17) is 16.3 Å². The lowest BCUT2D eigenvalue weighted by Crippen LogP contribution is -2.49. The minimum absolute atomic E-state index is 0.143. The number of nitrogens with one attached hydrogen (secondary N) is 1. The molecule has 162 valence electrons. The number of benzene rings is 2. The third-order valence-electron chi connectivity index (χ3n) is 5.52. The lowest BCUT2D eigenvalue weighted by molar-refractivity contribution is -0.0662. The lowest BCUT2D eigenvalue weighted by Gasteiger charge is -2.43. The largest absolute Gasteiger partial charge is 0.438 e. The average molecular weight is 451 g/mol. The lowest BCUT2D eigenvalue weighted by atomic mass is 9.84. The van der Waals surface area contributed by atoms with Gasteiger partial charge in [0.15, 0.2) is 0 Å². The first-order chi connectivity index (χ1) is 14.2. The minimum atomic E-state index is -3.25. The number of ether oxygens (including phenoxy) is 1. The third kappa shape index (κ3) is 5.53. The van der Waals surface area contributed by atoms with Crippen molar-refractivity contribution in [3.63, 3.8) is 0 Å². The summed E-state index contributed by atoms with van der Waals surface area (Å²) < 4.78 is 31.3. The molecule has 1 aliphatic rings. The highest BCUT2D eigenvalue weighted by molar-refractivity contribution is 7.88. The van der Waals surface area contributed by atoms with E-state index in [2.05, 4.69) is 4.72 Å². The van der Waals surface area contributed by atoms with Gasteiger partial charge in [-0.2, -0.15) is 0 Å². The molecule has 2 aromatic carbocycles. The molecule has 2 atom stereocenters. The Morgan fingerprint density at radius 3 is 2.43 bits per heavy atom. The molecule has 0 saturated carbocycles. The van der Waals surface area contributed by atoms with E-state index in [-0.39, 0.29) is 12.1 Å². The van der Waals surface area contributed by atoms with Crippen LogP contribution in [0.2, 0.25) is 5.02 Å². The maximum absolute atomic E-state index is 13.0. The van der Waals surface area contributed by atoms with Crippen molar-refractivity contribution in [1.29, 1.82) is 0 Å². The van der Waals surface area contributed by atoms with Crippen LogP contribution in [0, 0.1) is 0 Å². The van der Waals surface area contributed by atoms with Crippen molar-refractivity contribution in [2.24, 2.45) is 0 Å². The zero-order valence-corrected chi connectivity index (χ0v) is 18.7. The van der Waals surface area contributed by atoms with Gasteiger partial charge in [0.25, 0.3) is 0 Å². The van der Waals surface area contributed by atoms with Gasteiger partial charge >= 0.3 is 6.09 Å². The normalized spacial score (nSPS) is 20.6. The van der Waals surface area contributed by atoms with Crippen molar-refractivity contribution < 1.29 is 17.9 Å². The standard InChI is InChI=1S/C22H27ClN2O4S/c1-17(18-9-11-20(23)12-10-18)25-16-14-22(29-21(25)26,19-7-4-3-5-8-19)13-6-15-24-30(2,27)28/h3-5,7-12,17,24H,6,13-16H2,1-2H3/t17-,22-/m0/s1. The summed E-state index contributed by atoms with van der Waals surface area (Å²) in [6.45, 7) is 2.81. The van der Waals surface area contributed by atoms with Crippen molar-refractivity contribution in [2.45, 2.75) is 37.8 Å². The molecule has 0 aromatic heterocycles. The second-order valence-corrected chi connectivity index (χ2v) is 9.94. The summed E-state index contributed by atoms with van der Waals surface area (Å²) in [5.74, 6) is 0. The second-order valence-electron chi connectivity index (χ2n) is 7.67. The Bertz CT molecular complexity index is 966. The van der Waals surface area contributed by atoms with E-state index in [0.717, 1.165) is 17.4 Å². The SMILES string of the molecule is C[C@@H](c1ccc(Cl)cc1)N1CC[C@@](CCCNS(C)(=O)=O)(c2ccccc2)OC1=O. The first kappa shape index (κ1) is 22.6. The van der Waals surface area contributed by atoms with Gasteiger partial charge in [-0.3, -0.25) is 0 Å². The number of nitrogens with zero attached hydrogens (tertiary/aromatic N) is 1. The Morgan fingerprint density at radius 2 is 1.83 bits per heavy atom. The molecule has 0 unspecified atom stereocenters. The van der Waals surface area contributed by atoms with Crippen molar-refractivity contribution >= 4 is 27.7 Å². The van der Waals surface area contributed by atoms with E-state index in [1.54, 1.807) is 4.90 Å².